The Kier molecular flexibility index (Phi) is 5.35. The van der Waals surface area contributed by atoms with Crippen LogP contribution in [0.4, 0.5) is 8.78 Å². The number of hydrogen-bond acceptors (Lipinski definition) is 2. The van der Waals surface area contributed by atoms with Gasteiger partial charge >= 0.3 is 0 Å². The number of allylic oxidation sites excluding steroid dienone is 3. The van der Waals surface area contributed by atoms with Crippen LogP contribution in [0.3, 0.4) is 0 Å². The van der Waals surface area contributed by atoms with E-state index in [0.29, 0.717) is 18.6 Å². The molecule has 112 valence electrons. The van der Waals surface area contributed by atoms with Crippen molar-refractivity contribution in [1.82, 2.24) is 0 Å². The van der Waals surface area contributed by atoms with Gasteiger partial charge in [-0.15, -0.1) is 0 Å². The van der Waals surface area contributed by atoms with E-state index in [-0.39, 0.29) is 5.92 Å². The first-order valence-corrected chi connectivity index (χ1v) is 7.25. The van der Waals surface area contributed by atoms with E-state index in [4.69, 9.17) is 9.47 Å². The number of rotatable bonds is 4. The minimum Gasteiger partial charge on any atom is -0.504 e. The fourth-order valence-corrected chi connectivity index (χ4v) is 2.98. The van der Waals surface area contributed by atoms with Crippen molar-refractivity contribution >= 4 is 0 Å². The van der Waals surface area contributed by atoms with E-state index in [9.17, 15) is 8.78 Å². The van der Waals surface area contributed by atoms with Crippen molar-refractivity contribution in [2.24, 2.45) is 5.92 Å². The monoisotopic (exact) mass is 284 g/mol. The Morgan fingerprint density at radius 1 is 1.30 bits per heavy atom. The van der Waals surface area contributed by atoms with Crippen LogP contribution < -0.4 is 0 Å². The van der Waals surface area contributed by atoms with E-state index in [1.165, 1.54) is 5.57 Å². The Labute approximate surface area is 119 Å². The maximum atomic E-state index is 14.2. The van der Waals surface area contributed by atoms with E-state index < -0.39 is 17.8 Å². The lowest BCUT2D eigenvalue weighted by Crippen LogP contribution is -2.21. The van der Waals surface area contributed by atoms with Crippen LogP contribution >= 0.6 is 0 Å². The summed E-state index contributed by atoms with van der Waals surface area (Å²) in [6.45, 7) is 2.18. The molecule has 0 radical (unpaired) electrons. The van der Waals surface area contributed by atoms with Crippen LogP contribution in [0.1, 0.15) is 39.0 Å². The molecule has 2 aliphatic rings. The van der Waals surface area contributed by atoms with Gasteiger partial charge in [-0.2, -0.15) is 0 Å². The lowest BCUT2D eigenvalue weighted by atomic mass is 9.79. The maximum absolute atomic E-state index is 14.2. The molecular weight excluding hydrogens is 262 g/mol. The van der Waals surface area contributed by atoms with Gasteiger partial charge in [-0.3, -0.25) is 0 Å². The summed E-state index contributed by atoms with van der Waals surface area (Å²) in [5.74, 6) is -1.32. The predicted molar refractivity (Wildman–Crippen MR) is 74.4 cm³/mol. The molecule has 0 bridgehead atoms. The van der Waals surface area contributed by atoms with Gasteiger partial charge in [-0.1, -0.05) is 6.08 Å². The number of methoxy groups -OCH3 is 1. The summed E-state index contributed by atoms with van der Waals surface area (Å²) >= 11 is 0. The minimum atomic E-state index is -0.740. The molecule has 0 N–H and O–H groups in total. The van der Waals surface area contributed by atoms with Gasteiger partial charge in [0.1, 0.15) is 6.10 Å². The topological polar surface area (TPSA) is 18.5 Å². The number of halogens is 2. The predicted octanol–water partition coefficient (Wildman–Crippen LogP) is 4.59. The van der Waals surface area contributed by atoms with Gasteiger partial charge < -0.3 is 9.47 Å². The second kappa shape index (κ2) is 7.02. The molecule has 0 aliphatic heterocycles. The van der Waals surface area contributed by atoms with Crippen LogP contribution in [0.25, 0.3) is 0 Å². The van der Waals surface area contributed by atoms with Crippen LogP contribution in [0, 0.1) is 5.92 Å². The third kappa shape index (κ3) is 3.29. The second-order valence-corrected chi connectivity index (χ2v) is 5.29. The van der Waals surface area contributed by atoms with Gasteiger partial charge in [-0.05, 0) is 56.1 Å². The third-order valence-corrected chi connectivity index (χ3v) is 4.02. The van der Waals surface area contributed by atoms with E-state index in [2.05, 4.69) is 0 Å². The fraction of sp³-hybridized carbons (Fsp3) is 0.625. The molecule has 1 fully saturated rings. The van der Waals surface area contributed by atoms with Crippen molar-refractivity contribution in [2.45, 2.75) is 45.1 Å². The van der Waals surface area contributed by atoms with Crippen molar-refractivity contribution in [2.75, 3.05) is 13.7 Å². The van der Waals surface area contributed by atoms with Crippen LogP contribution in [-0.2, 0) is 9.47 Å². The summed E-state index contributed by atoms with van der Waals surface area (Å²) in [5, 5.41) is 0. The molecule has 0 saturated heterocycles. The van der Waals surface area contributed by atoms with Crippen LogP contribution in [-0.4, -0.2) is 19.8 Å². The van der Waals surface area contributed by atoms with Gasteiger partial charge in [0.15, 0.2) is 11.7 Å². The summed E-state index contributed by atoms with van der Waals surface area (Å²) in [5.41, 5.74) is 1.78. The molecule has 2 rings (SSSR count). The molecule has 0 aromatic carbocycles. The van der Waals surface area contributed by atoms with Gasteiger partial charge in [0.2, 0.25) is 0 Å². The van der Waals surface area contributed by atoms with Gasteiger partial charge in [0.25, 0.3) is 0 Å². The molecule has 0 amide bonds. The molecule has 1 atom stereocenters. The molecule has 0 heterocycles. The largest absolute Gasteiger partial charge is 0.504 e. The van der Waals surface area contributed by atoms with Crippen molar-refractivity contribution in [3.63, 3.8) is 0 Å². The van der Waals surface area contributed by atoms with E-state index in [1.807, 2.05) is 6.08 Å². The molecule has 20 heavy (non-hydrogen) atoms. The first-order chi connectivity index (χ1) is 9.67. The van der Waals surface area contributed by atoms with Crippen LogP contribution in [0.5, 0.6) is 0 Å². The van der Waals surface area contributed by atoms with Gasteiger partial charge in [0, 0.05) is 6.61 Å². The second-order valence-electron chi connectivity index (χ2n) is 5.29. The summed E-state index contributed by atoms with van der Waals surface area (Å²) < 4.78 is 38.3. The van der Waals surface area contributed by atoms with Crippen molar-refractivity contribution in [1.29, 1.82) is 0 Å². The fourth-order valence-electron chi connectivity index (χ4n) is 2.98. The third-order valence-electron chi connectivity index (χ3n) is 4.02. The van der Waals surface area contributed by atoms with E-state index >= 15 is 0 Å². The summed E-state index contributed by atoms with van der Waals surface area (Å²) in [4.78, 5) is 0. The zero-order valence-electron chi connectivity index (χ0n) is 12.1. The van der Waals surface area contributed by atoms with Gasteiger partial charge in [0.05, 0.1) is 13.4 Å². The standard InChI is InChI=1S/C16H22F2O2/c1-3-20-14-9-8-13(15(17)16(14)18)12-6-4-11(5-7-12)10-19-2/h8,10,12,14H,3-7,9H2,1-2H3/t12?,14-/m0/s1. The Hall–Kier alpha value is -1.16. The average Bonchev–Trinajstić information content (AvgIpc) is 2.46. The van der Waals surface area contributed by atoms with Crippen molar-refractivity contribution in [3.8, 4) is 0 Å². The maximum Gasteiger partial charge on any atom is 0.165 e. The molecule has 1 saturated carbocycles. The SMILES string of the molecule is CCO[C@H]1CC=C(C2CCC(=COC)CC2)C(F)=C1F. The lowest BCUT2D eigenvalue weighted by Gasteiger charge is -2.28. The lowest BCUT2D eigenvalue weighted by molar-refractivity contribution is 0.0694. The molecule has 0 aromatic heterocycles. The Morgan fingerprint density at radius 2 is 2.00 bits per heavy atom. The molecule has 2 nitrogen and oxygen atoms in total. The van der Waals surface area contributed by atoms with Crippen LogP contribution in [0.2, 0.25) is 0 Å². The average molecular weight is 284 g/mol. The highest BCUT2D eigenvalue weighted by atomic mass is 19.2. The first kappa shape index (κ1) is 15.2. The quantitative estimate of drug-likeness (QED) is 0.703. The highest BCUT2D eigenvalue weighted by Gasteiger charge is 2.31. The van der Waals surface area contributed by atoms with Crippen molar-refractivity contribution in [3.05, 3.63) is 35.1 Å². The minimum absolute atomic E-state index is 0.109. The normalized spacial score (nSPS) is 27.4. The zero-order chi connectivity index (χ0) is 14.5. The Balaban J connectivity index is 2.03. The van der Waals surface area contributed by atoms with Crippen LogP contribution in [0.15, 0.2) is 35.1 Å². The highest BCUT2D eigenvalue weighted by Crippen LogP contribution is 2.40. The molecule has 0 aromatic rings. The van der Waals surface area contributed by atoms with E-state index in [1.54, 1.807) is 20.3 Å². The summed E-state index contributed by atoms with van der Waals surface area (Å²) in [6.07, 6.45) is 6.75. The summed E-state index contributed by atoms with van der Waals surface area (Å²) in [6, 6.07) is 0. The Morgan fingerprint density at radius 3 is 2.60 bits per heavy atom. The molecule has 4 heteroatoms. The number of hydrogen-bond donors (Lipinski definition) is 0. The van der Waals surface area contributed by atoms with Crippen molar-refractivity contribution < 1.29 is 18.3 Å². The molecule has 0 spiro atoms. The summed E-state index contributed by atoms with van der Waals surface area (Å²) in [7, 11) is 1.63. The van der Waals surface area contributed by atoms with E-state index in [0.717, 1.165) is 25.7 Å². The smallest absolute Gasteiger partial charge is 0.165 e. The molecular formula is C16H22F2O2. The number of ether oxygens (including phenoxy) is 2. The first-order valence-electron chi connectivity index (χ1n) is 7.25. The zero-order valence-corrected chi connectivity index (χ0v) is 12.1. The molecule has 0 unspecified atom stereocenters. The Bertz CT molecular complexity index is 428. The highest BCUT2D eigenvalue weighted by molar-refractivity contribution is 5.36. The molecule has 2 aliphatic carbocycles. The van der Waals surface area contributed by atoms with Gasteiger partial charge in [-0.25, -0.2) is 8.78 Å².